The van der Waals surface area contributed by atoms with E-state index in [2.05, 4.69) is 23.2 Å². The highest BCUT2D eigenvalue weighted by Crippen LogP contribution is 2.60. The molecule has 1 unspecified atom stereocenters. The first-order valence-electron chi connectivity index (χ1n) is 4.15. The highest BCUT2D eigenvalue weighted by atomic mass is 35.5. The first-order chi connectivity index (χ1) is 8.85. The van der Waals surface area contributed by atoms with Gasteiger partial charge in [-0.25, -0.2) is 8.78 Å². The fourth-order valence-electron chi connectivity index (χ4n) is 0.965. The fraction of sp³-hybridized carbons (Fsp3) is 0.714. The Kier molecular flexibility index (Phi) is 5.15. The average molecular weight is 383 g/mol. The smallest absolute Gasteiger partial charge is 0.219 e. The van der Waals surface area contributed by atoms with Gasteiger partial charge in [0.1, 0.15) is 0 Å². The molecule has 21 heavy (non-hydrogen) atoms. The van der Waals surface area contributed by atoms with Crippen LogP contribution in [0.2, 0.25) is 0 Å². The third kappa shape index (κ3) is 2.88. The summed E-state index contributed by atoms with van der Waals surface area (Å²) in [6, 6.07) is 0. The van der Waals surface area contributed by atoms with Gasteiger partial charge in [-0.15, -0.1) is 0 Å². The molecule has 0 aliphatic heterocycles. The molecule has 0 aromatic carbocycles. The van der Waals surface area contributed by atoms with Crippen LogP contribution in [0.5, 0.6) is 0 Å². The van der Waals surface area contributed by atoms with E-state index in [1.54, 1.807) is 0 Å². The van der Waals surface area contributed by atoms with Crippen molar-refractivity contribution in [2.24, 2.45) is 0 Å². The third-order valence-corrected chi connectivity index (χ3v) is 2.45. The summed E-state index contributed by atoms with van der Waals surface area (Å²) >= 11 is 7.38. The summed E-state index contributed by atoms with van der Waals surface area (Å²) in [5.74, 6) is -19.1. The standard InChI is InChI=1S/C7Cl2F12/c8-2(11)1(10)3(12,7(19,20)21)4(13,14)5(15,16)6(9,17)18. The van der Waals surface area contributed by atoms with E-state index >= 15 is 0 Å². The van der Waals surface area contributed by atoms with Crippen LogP contribution in [0.4, 0.5) is 52.7 Å². The molecule has 0 aromatic heterocycles. The van der Waals surface area contributed by atoms with E-state index in [-0.39, 0.29) is 0 Å². The summed E-state index contributed by atoms with van der Waals surface area (Å²) in [7, 11) is 0. The third-order valence-electron chi connectivity index (χ3n) is 2.04. The normalized spacial score (nSPS) is 19.1. The predicted molar refractivity (Wildman–Crippen MR) is 45.7 cm³/mol. The molecular weight excluding hydrogens is 383 g/mol. The predicted octanol–water partition coefficient (Wildman–Crippen LogP) is 5.71. The summed E-state index contributed by atoms with van der Waals surface area (Å²) in [4.78, 5) is 0. The van der Waals surface area contributed by atoms with Crippen molar-refractivity contribution in [3.8, 4) is 0 Å². The monoisotopic (exact) mass is 382 g/mol. The molecule has 0 saturated carbocycles. The molecule has 1 atom stereocenters. The second-order valence-corrected chi connectivity index (χ2v) is 4.18. The molecule has 0 bridgehead atoms. The SMILES string of the molecule is FC(Cl)=C(F)C(F)(C(F)(F)F)C(F)(F)C(F)(F)C(F)(F)Cl. The van der Waals surface area contributed by atoms with Crippen molar-refractivity contribution in [2.75, 3.05) is 0 Å². The van der Waals surface area contributed by atoms with Crippen LogP contribution in [-0.4, -0.2) is 29.1 Å². The number of hydrogen-bond acceptors (Lipinski definition) is 0. The Hall–Kier alpha value is -0.520. The molecule has 0 fully saturated rings. The lowest BCUT2D eigenvalue weighted by molar-refractivity contribution is -0.369. The zero-order chi connectivity index (χ0) is 17.7. The maximum absolute atomic E-state index is 13.2. The van der Waals surface area contributed by atoms with E-state index < -0.39 is 40.2 Å². The van der Waals surface area contributed by atoms with E-state index in [0.717, 1.165) is 0 Å². The molecule has 0 aliphatic carbocycles. The zero-order valence-electron chi connectivity index (χ0n) is 8.79. The van der Waals surface area contributed by atoms with Gasteiger partial charge < -0.3 is 0 Å². The van der Waals surface area contributed by atoms with Crippen molar-refractivity contribution >= 4 is 23.2 Å². The Morgan fingerprint density at radius 1 is 0.667 bits per heavy atom. The zero-order valence-corrected chi connectivity index (χ0v) is 10.3. The van der Waals surface area contributed by atoms with Crippen LogP contribution in [0.1, 0.15) is 0 Å². The van der Waals surface area contributed by atoms with Crippen LogP contribution in [-0.2, 0) is 0 Å². The van der Waals surface area contributed by atoms with Gasteiger partial charge in [0.15, 0.2) is 0 Å². The Morgan fingerprint density at radius 2 is 1.00 bits per heavy atom. The van der Waals surface area contributed by atoms with Gasteiger partial charge in [-0.1, -0.05) is 0 Å². The van der Waals surface area contributed by atoms with Gasteiger partial charge in [0, 0.05) is 0 Å². The van der Waals surface area contributed by atoms with E-state index in [9.17, 15) is 52.7 Å². The summed E-state index contributed by atoms with van der Waals surface area (Å²) in [6.45, 7) is 0. The molecule has 0 aromatic rings. The molecule has 0 rings (SSSR count). The van der Waals surface area contributed by atoms with Gasteiger partial charge in [0.05, 0.1) is 0 Å². The molecule has 14 heteroatoms. The number of halogens is 14. The van der Waals surface area contributed by atoms with E-state index in [0.29, 0.717) is 0 Å². The minimum Gasteiger partial charge on any atom is -0.219 e. The second-order valence-electron chi connectivity index (χ2n) is 3.38. The van der Waals surface area contributed by atoms with Gasteiger partial charge in [-0.2, -0.15) is 43.9 Å². The maximum atomic E-state index is 13.2. The largest absolute Gasteiger partial charge is 0.435 e. The molecule has 0 nitrogen and oxygen atoms in total. The Balaban J connectivity index is 6.56. The van der Waals surface area contributed by atoms with Crippen LogP contribution in [0.25, 0.3) is 0 Å². The van der Waals surface area contributed by atoms with E-state index in [1.165, 1.54) is 0 Å². The van der Waals surface area contributed by atoms with E-state index in [1.807, 2.05) is 0 Å². The molecule has 0 aliphatic rings. The lowest BCUT2D eigenvalue weighted by Gasteiger charge is -2.38. The van der Waals surface area contributed by atoms with Gasteiger partial charge in [0.25, 0.3) is 0 Å². The highest BCUT2D eigenvalue weighted by molar-refractivity contribution is 6.28. The highest BCUT2D eigenvalue weighted by Gasteiger charge is 2.87. The lowest BCUT2D eigenvalue weighted by atomic mass is 9.90. The van der Waals surface area contributed by atoms with Crippen LogP contribution < -0.4 is 0 Å². The topological polar surface area (TPSA) is 0 Å². The van der Waals surface area contributed by atoms with Crippen molar-refractivity contribution in [2.45, 2.75) is 29.1 Å². The van der Waals surface area contributed by atoms with Crippen molar-refractivity contribution in [3.05, 3.63) is 11.1 Å². The molecule has 0 radical (unpaired) electrons. The average Bonchev–Trinajstić information content (AvgIpc) is 2.22. The minimum atomic E-state index is -7.54. The number of alkyl halides is 11. The summed E-state index contributed by atoms with van der Waals surface area (Å²) in [5, 5.41) is -9.86. The quantitative estimate of drug-likeness (QED) is 0.431. The lowest BCUT2D eigenvalue weighted by Crippen LogP contribution is -2.67. The molecule has 126 valence electrons. The summed E-state index contributed by atoms with van der Waals surface area (Å²) < 4.78 is 150. The minimum absolute atomic E-state index is 3.43. The summed E-state index contributed by atoms with van der Waals surface area (Å²) in [6.07, 6.45) is -7.28. The van der Waals surface area contributed by atoms with Crippen LogP contribution in [0.15, 0.2) is 11.1 Å². The molecule has 0 saturated heterocycles. The van der Waals surface area contributed by atoms with Gasteiger partial charge in [-0.3, -0.25) is 0 Å². The first-order valence-corrected chi connectivity index (χ1v) is 4.90. The van der Waals surface area contributed by atoms with Gasteiger partial charge in [-0.05, 0) is 23.2 Å². The van der Waals surface area contributed by atoms with Gasteiger partial charge in [0.2, 0.25) is 11.1 Å². The van der Waals surface area contributed by atoms with Crippen molar-refractivity contribution < 1.29 is 52.7 Å². The number of rotatable bonds is 4. The Bertz CT molecular complexity index is 428. The van der Waals surface area contributed by atoms with Crippen LogP contribution >= 0.6 is 23.2 Å². The second kappa shape index (κ2) is 5.28. The molecule has 0 spiro atoms. The first kappa shape index (κ1) is 20.5. The Morgan fingerprint density at radius 3 is 1.19 bits per heavy atom. The summed E-state index contributed by atoms with van der Waals surface area (Å²) in [5.41, 5.74) is -7.19. The molecule has 0 heterocycles. The van der Waals surface area contributed by atoms with Crippen LogP contribution in [0, 0.1) is 0 Å². The van der Waals surface area contributed by atoms with Crippen molar-refractivity contribution in [3.63, 3.8) is 0 Å². The van der Waals surface area contributed by atoms with E-state index in [4.69, 9.17) is 0 Å². The Labute approximate surface area is 117 Å². The molecule has 0 N–H and O–H groups in total. The van der Waals surface area contributed by atoms with Crippen molar-refractivity contribution in [1.82, 2.24) is 0 Å². The molecule has 0 amide bonds. The maximum Gasteiger partial charge on any atom is 0.435 e. The van der Waals surface area contributed by atoms with Crippen molar-refractivity contribution in [1.29, 1.82) is 0 Å². The fourth-order valence-corrected chi connectivity index (χ4v) is 1.21. The number of hydrogen-bond donors (Lipinski definition) is 0. The molecular formula is C7Cl2F12. The van der Waals surface area contributed by atoms with Crippen LogP contribution in [0.3, 0.4) is 0 Å². The number of allylic oxidation sites excluding steroid dienone is 1. The van der Waals surface area contributed by atoms with Gasteiger partial charge >= 0.3 is 29.1 Å².